The summed E-state index contributed by atoms with van der Waals surface area (Å²) in [5.41, 5.74) is 2.84. The molecule has 2 unspecified atom stereocenters. The first-order chi connectivity index (χ1) is 19.9. The van der Waals surface area contributed by atoms with Crippen molar-refractivity contribution >= 4 is 11.9 Å². The van der Waals surface area contributed by atoms with E-state index in [1.54, 1.807) is 0 Å². The van der Waals surface area contributed by atoms with Gasteiger partial charge in [-0.15, -0.1) is 0 Å². The molecule has 6 heteroatoms. The number of esters is 2. The van der Waals surface area contributed by atoms with E-state index in [1.165, 1.54) is 24.8 Å². The van der Waals surface area contributed by atoms with E-state index in [-0.39, 0.29) is 42.8 Å². The van der Waals surface area contributed by atoms with Crippen LogP contribution in [0.4, 0.5) is 0 Å². The van der Waals surface area contributed by atoms with Gasteiger partial charge in [0.05, 0.1) is 10.8 Å². The summed E-state index contributed by atoms with van der Waals surface area (Å²) in [6.45, 7) is 25.7. The smallest absolute Gasteiger partial charge is 0.314 e. The molecule has 2 rings (SSSR count). The van der Waals surface area contributed by atoms with Crippen LogP contribution >= 0.6 is 0 Å². The lowest BCUT2D eigenvalue weighted by Gasteiger charge is -2.34. The number of rotatable bonds is 14. The molecule has 0 heterocycles. The fraction of sp³-hybridized carbons (Fsp3) is 0.676. The predicted molar refractivity (Wildman–Crippen MR) is 174 cm³/mol. The Hall–Kier alpha value is -2.76. The topological polar surface area (TPSA) is 71.1 Å². The molecule has 6 nitrogen and oxygen atoms in total. The molecule has 0 aliphatic heterocycles. The van der Waals surface area contributed by atoms with Crippen molar-refractivity contribution in [3.05, 3.63) is 47.1 Å². The normalized spacial score (nSPS) is 17.6. The maximum atomic E-state index is 12.6. The van der Waals surface area contributed by atoms with Gasteiger partial charge in [-0.25, -0.2) is 0 Å². The number of hydrogen-bond acceptors (Lipinski definition) is 6. The molecule has 0 N–H and O–H groups in total. The van der Waals surface area contributed by atoms with Gasteiger partial charge in [-0.3, -0.25) is 9.59 Å². The summed E-state index contributed by atoms with van der Waals surface area (Å²) in [6, 6.07) is 4.17. The summed E-state index contributed by atoms with van der Waals surface area (Å²) in [5.74, 6) is 0.672. The Kier molecular flexibility index (Phi) is 13.0. The molecule has 43 heavy (non-hydrogen) atoms. The first kappa shape index (κ1) is 36.4. The summed E-state index contributed by atoms with van der Waals surface area (Å²) in [4.78, 5) is 25.2. The Bertz CT molecular complexity index is 1090. The number of ether oxygens (including phenoxy) is 4. The van der Waals surface area contributed by atoms with Crippen LogP contribution in [0, 0.1) is 16.7 Å². The second kappa shape index (κ2) is 15.3. The Morgan fingerprint density at radius 3 is 1.81 bits per heavy atom. The Morgan fingerprint density at radius 1 is 0.860 bits per heavy atom. The van der Waals surface area contributed by atoms with Gasteiger partial charge in [-0.05, 0) is 104 Å². The zero-order valence-corrected chi connectivity index (χ0v) is 28.9. The van der Waals surface area contributed by atoms with Crippen LogP contribution in [0.3, 0.4) is 0 Å². The van der Waals surface area contributed by atoms with Gasteiger partial charge in [0.25, 0.3) is 0 Å². The second-order valence-corrected chi connectivity index (χ2v) is 15.0. The summed E-state index contributed by atoms with van der Waals surface area (Å²) in [6.07, 6.45) is 9.93. The number of carbonyl (C=O) groups is 2. The van der Waals surface area contributed by atoms with Gasteiger partial charge in [0, 0.05) is 11.5 Å². The zero-order chi connectivity index (χ0) is 32.6. The first-order valence-electron chi connectivity index (χ1n) is 16.0. The highest BCUT2D eigenvalue weighted by Gasteiger charge is 2.34. The third-order valence-corrected chi connectivity index (χ3v) is 8.29. The van der Waals surface area contributed by atoms with Gasteiger partial charge in [-0.1, -0.05) is 70.3 Å². The highest BCUT2D eigenvalue weighted by atomic mass is 16.7. The van der Waals surface area contributed by atoms with E-state index in [9.17, 15) is 9.59 Å². The highest BCUT2D eigenvalue weighted by molar-refractivity contribution is 5.75. The number of carbonyl (C=O) groups excluding carboxylic acids is 2. The average Bonchev–Trinajstić information content (AvgIpc) is 2.89. The van der Waals surface area contributed by atoms with Crippen LogP contribution in [0.5, 0.6) is 11.5 Å². The van der Waals surface area contributed by atoms with Crippen LogP contribution in [0.15, 0.2) is 35.9 Å². The standard InChI is InChI=1S/C37H58O6/c1-13-14-15-16-19-37(11,12)27-21-30(40-23-42-33(38)35(5,6)7)32(29-20-26(4)17-18-28(29)25(2)3)31(22-27)41-24-43-34(39)36(8,9)10/h20-22,28-29H,2,13-19,23-24H2,1,3-12H3. The van der Waals surface area contributed by atoms with E-state index in [1.807, 2.05) is 41.5 Å². The molecule has 0 bridgehead atoms. The average molecular weight is 599 g/mol. The molecule has 0 amide bonds. The van der Waals surface area contributed by atoms with Crippen LogP contribution < -0.4 is 9.47 Å². The van der Waals surface area contributed by atoms with Gasteiger partial charge >= 0.3 is 11.9 Å². The SMILES string of the molecule is C=C(C)C1CCC(C)=CC1c1c(OCOC(=O)C(C)(C)C)cc(C(C)(C)CCCCCC)cc1OCOC(=O)C(C)(C)C. The van der Waals surface area contributed by atoms with E-state index >= 15 is 0 Å². The largest absolute Gasteiger partial charge is 0.457 e. The van der Waals surface area contributed by atoms with Crippen molar-refractivity contribution in [3.8, 4) is 11.5 Å². The quantitative estimate of drug-likeness (QED) is 0.0919. The fourth-order valence-electron chi connectivity index (χ4n) is 5.33. The highest BCUT2D eigenvalue weighted by Crippen LogP contribution is 2.49. The van der Waals surface area contributed by atoms with Crippen LogP contribution in [-0.4, -0.2) is 25.5 Å². The van der Waals surface area contributed by atoms with Gasteiger partial charge in [0.2, 0.25) is 13.6 Å². The van der Waals surface area contributed by atoms with Gasteiger partial charge < -0.3 is 18.9 Å². The lowest BCUT2D eigenvalue weighted by molar-refractivity contribution is -0.160. The molecule has 1 aliphatic rings. The second-order valence-electron chi connectivity index (χ2n) is 15.0. The lowest BCUT2D eigenvalue weighted by atomic mass is 9.72. The van der Waals surface area contributed by atoms with Crippen molar-refractivity contribution in [2.75, 3.05) is 13.6 Å². The van der Waals surface area contributed by atoms with E-state index < -0.39 is 10.8 Å². The van der Waals surface area contributed by atoms with Crippen molar-refractivity contribution in [2.24, 2.45) is 16.7 Å². The van der Waals surface area contributed by atoms with Gasteiger partial charge in [0.1, 0.15) is 11.5 Å². The maximum Gasteiger partial charge on any atom is 0.314 e. The van der Waals surface area contributed by atoms with Crippen molar-refractivity contribution in [3.63, 3.8) is 0 Å². The third kappa shape index (κ3) is 10.7. The summed E-state index contributed by atoms with van der Waals surface area (Å²) in [5, 5.41) is 0. The lowest BCUT2D eigenvalue weighted by Crippen LogP contribution is -2.26. The minimum atomic E-state index is -0.645. The van der Waals surface area contributed by atoms with E-state index in [0.717, 1.165) is 42.4 Å². The molecule has 0 saturated carbocycles. The molecule has 0 saturated heterocycles. The molecule has 1 aromatic rings. The minimum absolute atomic E-state index is 0.0606. The number of benzene rings is 1. The molecular formula is C37H58O6. The monoisotopic (exact) mass is 598 g/mol. The third-order valence-electron chi connectivity index (χ3n) is 8.29. The van der Waals surface area contributed by atoms with E-state index in [0.29, 0.717) is 11.5 Å². The molecule has 0 spiro atoms. The van der Waals surface area contributed by atoms with Gasteiger partial charge in [0.15, 0.2) is 0 Å². The molecule has 0 aromatic heterocycles. The molecular weight excluding hydrogens is 540 g/mol. The van der Waals surface area contributed by atoms with Gasteiger partial charge in [-0.2, -0.15) is 0 Å². The van der Waals surface area contributed by atoms with Crippen molar-refractivity contribution in [2.45, 2.75) is 132 Å². The van der Waals surface area contributed by atoms with Crippen molar-refractivity contribution in [1.82, 2.24) is 0 Å². The Labute approximate surface area is 261 Å². The van der Waals surface area contributed by atoms with E-state index in [4.69, 9.17) is 18.9 Å². The summed E-state index contributed by atoms with van der Waals surface area (Å²) >= 11 is 0. The Balaban J connectivity index is 2.66. The number of allylic oxidation sites excluding steroid dienone is 3. The van der Waals surface area contributed by atoms with Crippen LogP contribution in [0.1, 0.15) is 138 Å². The molecule has 0 radical (unpaired) electrons. The summed E-state index contributed by atoms with van der Waals surface area (Å²) < 4.78 is 23.8. The summed E-state index contributed by atoms with van der Waals surface area (Å²) in [7, 11) is 0. The molecule has 1 aromatic carbocycles. The predicted octanol–water partition coefficient (Wildman–Crippen LogP) is 9.80. The Morgan fingerprint density at radius 2 is 1.37 bits per heavy atom. The van der Waals surface area contributed by atoms with Crippen molar-refractivity contribution in [1.29, 1.82) is 0 Å². The number of hydrogen-bond donors (Lipinski definition) is 0. The maximum absolute atomic E-state index is 12.6. The molecule has 2 atom stereocenters. The van der Waals surface area contributed by atoms with E-state index in [2.05, 4.69) is 59.4 Å². The van der Waals surface area contributed by atoms with Crippen LogP contribution in [0.25, 0.3) is 0 Å². The number of unbranched alkanes of at least 4 members (excludes halogenated alkanes) is 3. The molecule has 1 aliphatic carbocycles. The molecule has 0 fully saturated rings. The molecule has 242 valence electrons. The fourth-order valence-corrected chi connectivity index (χ4v) is 5.33. The van der Waals surface area contributed by atoms with Crippen LogP contribution in [0.2, 0.25) is 0 Å². The zero-order valence-electron chi connectivity index (χ0n) is 28.9. The van der Waals surface area contributed by atoms with Crippen LogP contribution in [-0.2, 0) is 24.5 Å². The minimum Gasteiger partial charge on any atom is -0.457 e. The van der Waals surface area contributed by atoms with Crippen molar-refractivity contribution < 1.29 is 28.5 Å². The first-order valence-corrected chi connectivity index (χ1v) is 16.0.